The maximum absolute atomic E-state index is 13.2. The number of halogens is 1. The summed E-state index contributed by atoms with van der Waals surface area (Å²) in [6.45, 7) is 5.20. The summed E-state index contributed by atoms with van der Waals surface area (Å²) in [5.74, 6) is 0.0215. The van der Waals surface area contributed by atoms with Gasteiger partial charge in [0.25, 0.3) is 5.91 Å². The van der Waals surface area contributed by atoms with Crippen LogP contribution in [0.1, 0.15) is 25.0 Å². The Morgan fingerprint density at radius 3 is 2.24 bits per heavy atom. The zero-order valence-electron chi connectivity index (χ0n) is 14.5. The van der Waals surface area contributed by atoms with Crippen LogP contribution in [0.25, 0.3) is 11.6 Å². The summed E-state index contributed by atoms with van der Waals surface area (Å²) in [4.78, 5) is 15.1. The van der Waals surface area contributed by atoms with Gasteiger partial charge in [0, 0.05) is 23.7 Å². The highest BCUT2D eigenvalue weighted by atomic mass is 35.5. The fourth-order valence-electron chi connectivity index (χ4n) is 3.13. The third kappa shape index (κ3) is 4.50. The first-order valence-corrected chi connectivity index (χ1v) is 8.88. The molecule has 0 spiro atoms. The third-order valence-corrected chi connectivity index (χ3v) is 4.46. The number of nitrogens with zero attached hydrogens (tertiary/aromatic N) is 1. The Hall–Kier alpha value is -2.10. The highest BCUT2D eigenvalue weighted by Crippen LogP contribution is 2.24. The Labute approximate surface area is 153 Å². The van der Waals surface area contributed by atoms with Crippen molar-refractivity contribution in [2.75, 3.05) is 13.1 Å². The molecule has 0 N–H and O–H groups in total. The third-order valence-electron chi connectivity index (χ3n) is 4.20. The van der Waals surface area contributed by atoms with Gasteiger partial charge >= 0.3 is 0 Å². The maximum atomic E-state index is 13.2. The molecule has 0 unspecified atom stereocenters. The second-order valence-electron chi connectivity index (χ2n) is 6.44. The molecule has 1 fully saturated rings. The van der Waals surface area contributed by atoms with Crippen LogP contribution in [-0.4, -0.2) is 36.1 Å². The van der Waals surface area contributed by atoms with E-state index in [-0.39, 0.29) is 18.1 Å². The number of amides is 1. The van der Waals surface area contributed by atoms with Gasteiger partial charge in [-0.15, -0.1) is 0 Å². The van der Waals surface area contributed by atoms with E-state index < -0.39 is 0 Å². The van der Waals surface area contributed by atoms with E-state index in [2.05, 4.69) is 0 Å². The molecule has 1 aliphatic heterocycles. The number of carbonyl (C=O) groups is 1. The molecule has 2 aromatic carbocycles. The average Bonchev–Trinajstić information content (AvgIpc) is 2.60. The molecule has 3 nitrogen and oxygen atoms in total. The number of morpholine rings is 1. The lowest BCUT2D eigenvalue weighted by Crippen LogP contribution is -2.48. The maximum Gasteiger partial charge on any atom is 0.254 e. The summed E-state index contributed by atoms with van der Waals surface area (Å²) < 4.78 is 5.76. The number of rotatable bonds is 3. The monoisotopic (exact) mass is 355 g/mol. The van der Waals surface area contributed by atoms with E-state index in [0.29, 0.717) is 23.7 Å². The fraction of sp³-hybridized carbons (Fsp3) is 0.286. The molecule has 0 bridgehead atoms. The Balaban J connectivity index is 1.97. The van der Waals surface area contributed by atoms with Crippen LogP contribution in [0.5, 0.6) is 0 Å². The predicted octanol–water partition coefficient (Wildman–Crippen LogP) is 4.52. The molecule has 1 saturated heterocycles. The lowest BCUT2D eigenvalue weighted by molar-refractivity contribution is -0.136. The Morgan fingerprint density at radius 2 is 1.64 bits per heavy atom. The molecule has 2 aromatic rings. The van der Waals surface area contributed by atoms with Gasteiger partial charge in [-0.2, -0.15) is 0 Å². The van der Waals surface area contributed by atoms with Gasteiger partial charge in [0.15, 0.2) is 0 Å². The second kappa shape index (κ2) is 7.85. The van der Waals surface area contributed by atoms with Crippen molar-refractivity contribution in [2.45, 2.75) is 26.1 Å². The van der Waals surface area contributed by atoms with Crippen LogP contribution in [0, 0.1) is 0 Å². The van der Waals surface area contributed by atoms with E-state index in [4.69, 9.17) is 16.3 Å². The highest BCUT2D eigenvalue weighted by molar-refractivity contribution is 6.31. The van der Waals surface area contributed by atoms with Gasteiger partial charge in [-0.25, -0.2) is 0 Å². The summed E-state index contributed by atoms with van der Waals surface area (Å²) >= 11 is 6.01. The van der Waals surface area contributed by atoms with Crippen molar-refractivity contribution in [3.8, 4) is 0 Å². The molecule has 130 valence electrons. The van der Waals surface area contributed by atoms with Gasteiger partial charge in [0.05, 0.1) is 12.2 Å². The number of hydrogen-bond donors (Lipinski definition) is 0. The zero-order chi connectivity index (χ0) is 17.8. The van der Waals surface area contributed by atoms with Crippen LogP contribution >= 0.6 is 11.6 Å². The van der Waals surface area contributed by atoms with E-state index in [1.165, 1.54) is 0 Å². The van der Waals surface area contributed by atoms with Gasteiger partial charge in [0.1, 0.15) is 0 Å². The highest BCUT2D eigenvalue weighted by Gasteiger charge is 2.28. The summed E-state index contributed by atoms with van der Waals surface area (Å²) in [6, 6.07) is 17.3. The van der Waals surface area contributed by atoms with Crippen LogP contribution < -0.4 is 0 Å². The summed E-state index contributed by atoms with van der Waals surface area (Å²) in [7, 11) is 0. The smallest absolute Gasteiger partial charge is 0.254 e. The predicted molar refractivity (Wildman–Crippen MR) is 102 cm³/mol. The number of ether oxygens (including phenoxy) is 1. The molecule has 0 radical (unpaired) electrons. The van der Waals surface area contributed by atoms with Crippen LogP contribution in [0.15, 0.2) is 54.6 Å². The molecule has 1 amide bonds. The lowest BCUT2D eigenvalue weighted by atomic mass is 10.0. The van der Waals surface area contributed by atoms with Crippen molar-refractivity contribution in [1.82, 2.24) is 4.90 Å². The number of hydrogen-bond acceptors (Lipinski definition) is 2. The van der Waals surface area contributed by atoms with Crippen LogP contribution in [0.4, 0.5) is 0 Å². The zero-order valence-corrected chi connectivity index (χ0v) is 15.2. The van der Waals surface area contributed by atoms with Gasteiger partial charge in [-0.1, -0.05) is 54.1 Å². The van der Waals surface area contributed by atoms with Crippen molar-refractivity contribution >= 4 is 29.2 Å². The summed E-state index contributed by atoms with van der Waals surface area (Å²) in [5.41, 5.74) is 2.53. The molecule has 2 atom stereocenters. The van der Waals surface area contributed by atoms with E-state index >= 15 is 0 Å². The van der Waals surface area contributed by atoms with Gasteiger partial charge < -0.3 is 9.64 Å². The van der Waals surface area contributed by atoms with E-state index in [9.17, 15) is 4.79 Å². The van der Waals surface area contributed by atoms with Crippen molar-refractivity contribution < 1.29 is 9.53 Å². The molecule has 0 saturated carbocycles. The average molecular weight is 356 g/mol. The van der Waals surface area contributed by atoms with Gasteiger partial charge in [-0.3, -0.25) is 4.79 Å². The Morgan fingerprint density at radius 1 is 1.04 bits per heavy atom. The molecule has 0 aliphatic carbocycles. The van der Waals surface area contributed by atoms with Crippen LogP contribution in [-0.2, 0) is 9.53 Å². The molecule has 25 heavy (non-hydrogen) atoms. The number of benzene rings is 2. The van der Waals surface area contributed by atoms with Crippen LogP contribution in [0.2, 0.25) is 5.02 Å². The second-order valence-corrected chi connectivity index (χ2v) is 6.88. The van der Waals surface area contributed by atoms with Crippen molar-refractivity contribution in [1.29, 1.82) is 0 Å². The van der Waals surface area contributed by atoms with Crippen molar-refractivity contribution in [3.05, 3.63) is 70.7 Å². The number of carbonyl (C=O) groups excluding carboxylic acids is 1. The SMILES string of the molecule is C[C@@H]1CN(C(=O)/C(=C/c2ccccc2)c2ccc(Cl)cc2)C[C@H](C)O1. The topological polar surface area (TPSA) is 29.5 Å². The van der Waals surface area contributed by atoms with Crippen molar-refractivity contribution in [2.24, 2.45) is 0 Å². The van der Waals surface area contributed by atoms with Gasteiger partial charge in [0.2, 0.25) is 0 Å². The van der Waals surface area contributed by atoms with E-state index in [1.54, 1.807) is 0 Å². The Kier molecular flexibility index (Phi) is 5.57. The minimum Gasteiger partial charge on any atom is -0.372 e. The summed E-state index contributed by atoms with van der Waals surface area (Å²) in [6.07, 6.45) is 2.02. The first-order chi connectivity index (χ1) is 12.0. The molecular weight excluding hydrogens is 334 g/mol. The standard InChI is InChI=1S/C21H22ClNO2/c1-15-13-23(14-16(2)25-15)21(24)20(12-17-6-4-3-5-7-17)18-8-10-19(22)11-9-18/h3-12,15-16H,13-14H2,1-2H3/b20-12+/t15-,16+. The summed E-state index contributed by atoms with van der Waals surface area (Å²) in [5, 5.41) is 0.656. The molecule has 1 heterocycles. The minimum atomic E-state index is 0.0215. The molecule has 1 aliphatic rings. The lowest BCUT2D eigenvalue weighted by Gasteiger charge is -2.35. The molecule has 0 aromatic heterocycles. The molecular formula is C21H22ClNO2. The van der Waals surface area contributed by atoms with Gasteiger partial charge in [-0.05, 0) is 43.2 Å². The first kappa shape index (κ1) is 17.7. The van der Waals surface area contributed by atoms with Crippen LogP contribution in [0.3, 0.4) is 0 Å². The Bertz CT molecular complexity index is 745. The van der Waals surface area contributed by atoms with Crippen molar-refractivity contribution in [3.63, 3.8) is 0 Å². The van der Waals surface area contributed by atoms with E-state index in [0.717, 1.165) is 11.1 Å². The molecule has 4 heteroatoms. The minimum absolute atomic E-state index is 0.0215. The molecule has 3 rings (SSSR count). The fourth-order valence-corrected chi connectivity index (χ4v) is 3.25. The largest absolute Gasteiger partial charge is 0.372 e. The quantitative estimate of drug-likeness (QED) is 0.598. The normalized spacial score (nSPS) is 21.2. The first-order valence-electron chi connectivity index (χ1n) is 8.50. The van der Waals surface area contributed by atoms with E-state index in [1.807, 2.05) is 79.4 Å².